The molecule has 2 rings (SSSR count). The zero-order chi connectivity index (χ0) is 21.1. The van der Waals surface area contributed by atoms with E-state index in [9.17, 15) is 9.59 Å². The molecule has 0 unspecified atom stereocenters. The van der Waals surface area contributed by atoms with E-state index >= 15 is 0 Å². The van der Waals surface area contributed by atoms with Gasteiger partial charge in [-0.1, -0.05) is 74.5 Å². The standard InChI is InChI=1S/C23H30N2O4/c1-17(2)13-21(23(27)29-15-19-11-7-4-8-12-19)25-22(26)20(24)16-28-14-18-9-5-3-6-10-18/h3-12,17,20-21H,13-16,24H2,1-2H3,(H,25,26)/t20-,21-/m0/s1. The van der Waals surface area contributed by atoms with Gasteiger partial charge in [0.2, 0.25) is 5.91 Å². The van der Waals surface area contributed by atoms with Crippen molar-refractivity contribution in [2.24, 2.45) is 11.7 Å². The second-order valence-electron chi connectivity index (χ2n) is 7.39. The van der Waals surface area contributed by atoms with Gasteiger partial charge in [-0.25, -0.2) is 4.79 Å². The first-order valence-corrected chi connectivity index (χ1v) is 9.84. The second-order valence-corrected chi connectivity index (χ2v) is 7.39. The van der Waals surface area contributed by atoms with Gasteiger partial charge < -0.3 is 20.5 Å². The average molecular weight is 399 g/mol. The zero-order valence-corrected chi connectivity index (χ0v) is 17.0. The third-order valence-corrected chi connectivity index (χ3v) is 4.28. The van der Waals surface area contributed by atoms with Gasteiger partial charge in [0.25, 0.3) is 0 Å². The van der Waals surface area contributed by atoms with Gasteiger partial charge in [-0.3, -0.25) is 4.79 Å². The Balaban J connectivity index is 1.83. The fourth-order valence-corrected chi connectivity index (χ4v) is 2.75. The summed E-state index contributed by atoms with van der Waals surface area (Å²) in [6.45, 7) is 4.56. The lowest BCUT2D eigenvalue weighted by atomic mass is 10.0. The molecule has 0 spiro atoms. The van der Waals surface area contributed by atoms with Crippen LogP contribution in [0.2, 0.25) is 0 Å². The average Bonchev–Trinajstić information content (AvgIpc) is 2.72. The SMILES string of the molecule is CC(C)C[C@H](NC(=O)[C@@H](N)COCc1ccccc1)C(=O)OCc1ccccc1. The van der Waals surface area contributed by atoms with E-state index in [-0.39, 0.29) is 19.1 Å². The molecular formula is C23H30N2O4. The van der Waals surface area contributed by atoms with E-state index < -0.39 is 24.0 Å². The maximum absolute atomic E-state index is 12.5. The normalized spacial score (nSPS) is 13.0. The number of benzene rings is 2. The largest absolute Gasteiger partial charge is 0.459 e. The highest BCUT2D eigenvalue weighted by Crippen LogP contribution is 2.09. The number of rotatable bonds is 11. The van der Waals surface area contributed by atoms with Crippen LogP contribution in [-0.4, -0.2) is 30.6 Å². The monoisotopic (exact) mass is 398 g/mol. The molecule has 2 aromatic carbocycles. The molecule has 0 saturated heterocycles. The van der Waals surface area contributed by atoms with E-state index in [0.717, 1.165) is 11.1 Å². The molecule has 0 heterocycles. The van der Waals surface area contributed by atoms with Gasteiger partial charge in [0.15, 0.2) is 0 Å². The number of hydrogen-bond donors (Lipinski definition) is 2. The van der Waals surface area contributed by atoms with Crippen LogP contribution < -0.4 is 11.1 Å². The van der Waals surface area contributed by atoms with Crippen molar-refractivity contribution in [2.75, 3.05) is 6.61 Å². The molecule has 29 heavy (non-hydrogen) atoms. The molecule has 6 heteroatoms. The zero-order valence-electron chi connectivity index (χ0n) is 17.0. The van der Waals surface area contributed by atoms with Crippen LogP contribution in [0.15, 0.2) is 60.7 Å². The third-order valence-electron chi connectivity index (χ3n) is 4.28. The fraction of sp³-hybridized carbons (Fsp3) is 0.391. The molecule has 0 aromatic heterocycles. The Hall–Kier alpha value is -2.70. The van der Waals surface area contributed by atoms with E-state index in [4.69, 9.17) is 15.2 Å². The highest BCUT2D eigenvalue weighted by atomic mass is 16.5. The summed E-state index contributed by atoms with van der Waals surface area (Å²) in [7, 11) is 0. The highest BCUT2D eigenvalue weighted by molar-refractivity contribution is 5.87. The highest BCUT2D eigenvalue weighted by Gasteiger charge is 2.26. The number of esters is 1. The number of ether oxygens (including phenoxy) is 2. The Morgan fingerprint density at radius 2 is 1.48 bits per heavy atom. The lowest BCUT2D eigenvalue weighted by Gasteiger charge is -2.21. The summed E-state index contributed by atoms with van der Waals surface area (Å²) in [5.41, 5.74) is 7.83. The number of carbonyl (C=O) groups is 2. The number of hydrogen-bond acceptors (Lipinski definition) is 5. The van der Waals surface area contributed by atoms with Crippen molar-refractivity contribution in [2.45, 2.75) is 45.6 Å². The number of nitrogens with two attached hydrogens (primary N) is 1. The first-order valence-electron chi connectivity index (χ1n) is 9.84. The summed E-state index contributed by atoms with van der Waals surface area (Å²) >= 11 is 0. The quantitative estimate of drug-likeness (QED) is 0.568. The molecule has 0 aliphatic carbocycles. The Morgan fingerprint density at radius 3 is 2.03 bits per heavy atom. The van der Waals surface area contributed by atoms with E-state index in [0.29, 0.717) is 13.0 Å². The summed E-state index contributed by atoms with van der Waals surface area (Å²) in [6, 6.07) is 17.4. The van der Waals surface area contributed by atoms with Crippen molar-refractivity contribution in [3.63, 3.8) is 0 Å². The van der Waals surface area contributed by atoms with Gasteiger partial charge in [0.05, 0.1) is 13.2 Å². The van der Waals surface area contributed by atoms with E-state index in [1.807, 2.05) is 74.5 Å². The Kier molecular flexibility index (Phi) is 9.34. The molecule has 2 aromatic rings. The Morgan fingerprint density at radius 1 is 0.931 bits per heavy atom. The van der Waals surface area contributed by atoms with Gasteiger partial charge in [0, 0.05) is 0 Å². The summed E-state index contributed by atoms with van der Waals surface area (Å²) in [5.74, 6) is -0.691. The van der Waals surface area contributed by atoms with Crippen molar-refractivity contribution in [1.82, 2.24) is 5.32 Å². The second kappa shape index (κ2) is 12.0. The maximum atomic E-state index is 12.5. The van der Waals surface area contributed by atoms with Crippen molar-refractivity contribution in [3.8, 4) is 0 Å². The molecule has 0 bridgehead atoms. The Bertz CT molecular complexity index is 750. The van der Waals surface area contributed by atoms with Gasteiger partial charge in [-0.05, 0) is 23.5 Å². The smallest absolute Gasteiger partial charge is 0.328 e. The lowest BCUT2D eigenvalue weighted by molar-refractivity contribution is -0.149. The minimum Gasteiger partial charge on any atom is -0.459 e. The van der Waals surface area contributed by atoms with E-state index in [2.05, 4.69) is 5.32 Å². The van der Waals surface area contributed by atoms with Crippen LogP contribution in [-0.2, 0) is 32.3 Å². The summed E-state index contributed by atoms with van der Waals surface area (Å²) in [4.78, 5) is 24.9. The van der Waals surface area contributed by atoms with Crippen molar-refractivity contribution in [3.05, 3.63) is 71.8 Å². The van der Waals surface area contributed by atoms with Crippen LogP contribution in [0, 0.1) is 5.92 Å². The first-order chi connectivity index (χ1) is 14.0. The van der Waals surface area contributed by atoms with Gasteiger partial charge in [-0.2, -0.15) is 0 Å². The fourth-order valence-electron chi connectivity index (χ4n) is 2.75. The van der Waals surface area contributed by atoms with Crippen LogP contribution in [0.1, 0.15) is 31.4 Å². The predicted octanol–water partition coefficient (Wildman–Crippen LogP) is 2.80. The molecular weight excluding hydrogens is 368 g/mol. The van der Waals surface area contributed by atoms with Crippen LogP contribution in [0.4, 0.5) is 0 Å². The molecule has 1 amide bonds. The summed E-state index contributed by atoms with van der Waals surface area (Å²) in [5, 5.41) is 2.71. The van der Waals surface area contributed by atoms with Crippen molar-refractivity contribution in [1.29, 1.82) is 0 Å². The maximum Gasteiger partial charge on any atom is 0.328 e. The molecule has 3 N–H and O–H groups in total. The van der Waals surface area contributed by atoms with E-state index in [1.165, 1.54) is 0 Å². The van der Waals surface area contributed by atoms with Crippen LogP contribution in [0.5, 0.6) is 0 Å². The number of nitrogens with one attached hydrogen (secondary N) is 1. The minimum absolute atomic E-state index is 0.0637. The van der Waals surface area contributed by atoms with Gasteiger partial charge >= 0.3 is 5.97 Å². The molecule has 0 saturated carbocycles. The molecule has 0 fully saturated rings. The minimum atomic E-state index is -0.865. The van der Waals surface area contributed by atoms with Crippen LogP contribution in [0.25, 0.3) is 0 Å². The number of amides is 1. The van der Waals surface area contributed by atoms with Gasteiger partial charge in [0.1, 0.15) is 18.7 Å². The number of carbonyl (C=O) groups excluding carboxylic acids is 2. The molecule has 6 nitrogen and oxygen atoms in total. The first kappa shape index (κ1) is 22.6. The summed E-state index contributed by atoms with van der Waals surface area (Å²) < 4.78 is 10.9. The third kappa shape index (κ3) is 8.46. The van der Waals surface area contributed by atoms with Crippen LogP contribution >= 0.6 is 0 Å². The van der Waals surface area contributed by atoms with Crippen molar-refractivity contribution < 1.29 is 19.1 Å². The van der Waals surface area contributed by atoms with Gasteiger partial charge in [-0.15, -0.1) is 0 Å². The molecule has 0 aliphatic rings. The molecule has 156 valence electrons. The van der Waals surface area contributed by atoms with Crippen LogP contribution in [0.3, 0.4) is 0 Å². The lowest BCUT2D eigenvalue weighted by Crippen LogP contribution is -2.50. The molecule has 2 atom stereocenters. The summed E-state index contributed by atoms with van der Waals surface area (Å²) in [6.07, 6.45) is 0.469. The predicted molar refractivity (Wildman–Crippen MR) is 112 cm³/mol. The molecule has 0 aliphatic heterocycles. The Labute approximate surface area is 172 Å². The molecule has 0 radical (unpaired) electrons. The topological polar surface area (TPSA) is 90.7 Å². The van der Waals surface area contributed by atoms with Crippen molar-refractivity contribution >= 4 is 11.9 Å². The van der Waals surface area contributed by atoms with E-state index in [1.54, 1.807) is 0 Å².